The molecule has 0 aromatic heterocycles. The quantitative estimate of drug-likeness (QED) is 0.290. The lowest BCUT2D eigenvalue weighted by atomic mass is 9.92. The van der Waals surface area contributed by atoms with Crippen LogP contribution in [-0.2, 0) is 0 Å². The van der Waals surface area contributed by atoms with Crippen LogP contribution in [0.4, 0.5) is 5.69 Å². The zero-order valence-electron chi connectivity index (χ0n) is 19.3. The fourth-order valence-corrected chi connectivity index (χ4v) is 4.42. The lowest BCUT2D eigenvalue weighted by molar-refractivity contribution is 0.770. The fourth-order valence-electron chi connectivity index (χ4n) is 3.84. The number of rotatable bonds is 8. The van der Waals surface area contributed by atoms with E-state index >= 15 is 0 Å². The van der Waals surface area contributed by atoms with Gasteiger partial charge >= 0.3 is 0 Å². The molecule has 1 N–H and O–H groups in total. The predicted octanol–water partition coefficient (Wildman–Crippen LogP) is 7.90. The van der Waals surface area contributed by atoms with Crippen LogP contribution in [0.3, 0.4) is 0 Å². The first-order chi connectivity index (χ1) is 15.0. The second-order valence-corrected chi connectivity index (χ2v) is 9.24. The summed E-state index contributed by atoms with van der Waals surface area (Å²) in [5.74, 6) is 0.902. The number of thioether (sulfide) groups is 1. The summed E-state index contributed by atoms with van der Waals surface area (Å²) in [6, 6.07) is 27.9. The highest BCUT2D eigenvalue weighted by molar-refractivity contribution is 8.13. The molecular formula is C28H34N2S. The van der Waals surface area contributed by atoms with Gasteiger partial charge in [0.15, 0.2) is 0 Å². The van der Waals surface area contributed by atoms with Crippen LogP contribution in [0.15, 0.2) is 83.9 Å². The lowest BCUT2D eigenvalue weighted by Crippen LogP contribution is -2.18. The third kappa shape index (κ3) is 6.01. The highest BCUT2D eigenvalue weighted by atomic mass is 32.2. The molecule has 1 unspecified atom stereocenters. The van der Waals surface area contributed by atoms with Crippen LogP contribution >= 0.6 is 11.8 Å². The van der Waals surface area contributed by atoms with Crippen LogP contribution < -0.4 is 5.32 Å². The van der Waals surface area contributed by atoms with Gasteiger partial charge in [-0.1, -0.05) is 107 Å². The van der Waals surface area contributed by atoms with E-state index in [1.807, 2.05) is 6.07 Å². The van der Waals surface area contributed by atoms with Crippen molar-refractivity contribution in [2.45, 2.75) is 45.6 Å². The van der Waals surface area contributed by atoms with Crippen LogP contribution in [0.25, 0.3) is 0 Å². The maximum atomic E-state index is 5.05. The molecule has 0 saturated carbocycles. The number of hydrogen-bond acceptors (Lipinski definition) is 3. The van der Waals surface area contributed by atoms with Crippen molar-refractivity contribution >= 4 is 22.5 Å². The zero-order chi connectivity index (χ0) is 22.2. The summed E-state index contributed by atoms with van der Waals surface area (Å²) >= 11 is 1.70. The van der Waals surface area contributed by atoms with Crippen molar-refractivity contribution in [1.29, 1.82) is 0 Å². The van der Waals surface area contributed by atoms with Gasteiger partial charge in [0, 0.05) is 11.3 Å². The van der Waals surface area contributed by atoms with E-state index in [1.165, 1.54) is 27.9 Å². The molecule has 3 aromatic carbocycles. The summed E-state index contributed by atoms with van der Waals surface area (Å²) in [6.07, 6.45) is 2.10. The van der Waals surface area contributed by atoms with E-state index in [1.54, 1.807) is 11.8 Å². The van der Waals surface area contributed by atoms with Crippen molar-refractivity contribution in [1.82, 2.24) is 0 Å². The van der Waals surface area contributed by atoms with Crippen molar-refractivity contribution in [2.24, 2.45) is 4.99 Å². The molecule has 0 radical (unpaired) electrons. The molecule has 0 fully saturated rings. The first-order valence-electron chi connectivity index (χ1n) is 11.1. The van der Waals surface area contributed by atoms with Gasteiger partial charge in [0.2, 0.25) is 0 Å². The largest absolute Gasteiger partial charge is 0.376 e. The highest BCUT2D eigenvalue weighted by Gasteiger charge is 2.19. The maximum Gasteiger partial charge on any atom is 0.0975 e. The highest BCUT2D eigenvalue weighted by Crippen LogP contribution is 2.35. The van der Waals surface area contributed by atoms with E-state index in [0.717, 1.165) is 5.04 Å². The summed E-state index contributed by atoms with van der Waals surface area (Å²) in [5.41, 5.74) is 6.43. The molecule has 1 atom stereocenters. The molecule has 0 bridgehead atoms. The number of para-hydroxylation sites is 1. The van der Waals surface area contributed by atoms with Crippen molar-refractivity contribution in [2.75, 3.05) is 18.1 Å². The number of benzene rings is 3. The number of hydrogen-bond donors (Lipinski definition) is 1. The van der Waals surface area contributed by atoms with Crippen LogP contribution in [0.2, 0.25) is 0 Å². The van der Waals surface area contributed by atoms with Gasteiger partial charge in [-0.3, -0.25) is 4.99 Å². The Bertz CT molecular complexity index is 952. The predicted molar refractivity (Wildman–Crippen MR) is 139 cm³/mol. The van der Waals surface area contributed by atoms with E-state index in [0.29, 0.717) is 18.4 Å². The van der Waals surface area contributed by atoms with Gasteiger partial charge in [0.05, 0.1) is 17.6 Å². The average molecular weight is 431 g/mol. The smallest absolute Gasteiger partial charge is 0.0975 e. The Morgan fingerprint density at radius 2 is 1.32 bits per heavy atom. The van der Waals surface area contributed by atoms with Crippen LogP contribution in [0.5, 0.6) is 0 Å². The van der Waals surface area contributed by atoms with Crippen LogP contribution in [0, 0.1) is 0 Å². The van der Waals surface area contributed by atoms with Gasteiger partial charge in [-0.05, 0) is 34.8 Å². The molecule has 0 aliphatic heterocycles. The van der Waals surface area contributed by atoms with Gasteiger partial charge < -0.3 is 5.32 Å². The summed E-state index contributed by atoms with van der Waals surface area (Å²) in [4.78, 5) is 5.05. The number of nitrogens with zero attached hydrogens (tertiary/aromatic N) is 1. The first kappa shape index (κ1) is 23.1. The molecule has 0 aliphatic carbocycles. The molecule has 0 heterocycles. The Hall–Kier alpha value is -2.52. The van der Waals surface area contributed by atoms with Crippen molar-refractivity contribution in [3.63, 3.8) is 0 Å². The molecule has 0 aliphatic rings. The summed E-state index contributed by atoms with van der Waals surface area (Å²) < 4.78 is 0. The minimum absolute atomic E-state index is 0.101. The molecule has 162 valence electrons. The normalized spacial score (nSPS) is 12.9. The standard InChI is InChI=1S/C28H34N2S/c1-20(2)24-17-12-18-25(21(3)4)27(24)30-26(22-13-8-6-9-14-22)19-29-28(31-5)23-15-10-7-11-16-23/h6-18,20-21,26,30H,19H2,1-5H3. The number of nitrogens with one attached hydrogen (secondary N) is 1. The van der Waals surface area contributed by atoms with E-state index in [-0.39, 0.29) is 6.04 Å². The zero-order valence-corrected chi connectivity index (χ0v) is 20.1. The van der Waals surface area contributed by atoms with E-state index < -0.39 is 0 Å². The molecule has 3 aromatic rings. The summed E-state index contributed by atoms with van der Waals surface area (Å²) in [7, 11) is 0. The Morgan fingerprint density at radius 3 is 1.84 bits per heavy atom. The van der Waals surface area contributed by atoms with Gasteiger partial charge in [0.1, 0.15) is 0 Å². The maximum absolute atomic E-state index is 5.05. The Labute approximate surface area is 192 Å². The Balaban J connectivity index is 2.00. The molecule has 0 spiro atoms. The minimum Gasteiger partial charge on any atom is -0.376 e. The average Bonchev–Trinajstić information content (AvgIpc) is 2.79. The van der Waals surface area contributed by atoms with E-state index in [4.69, 9.17) is 4.99 Å². The lowest BCUT2D eigenvalue weighted by Gasteiger charge is -2.26. The topological polar surface area (TPSA) is 24.4 Å². The van der Waals surface area contributed by atoms with E-state index in [9.17, 15) is 0 Å². The van der Waals surface area contributed by atoms with Gasteiger partial charge in [-0.15, -0.1) is 11.8 Å². The third-order valence-corrected chi connectivity index (χ3v) is 6.28. The second-order valence-electron chi connectivity index (χ2n) is 8.44. The molecule has 0 saturated heterocycles. The van der Waals surface area contributed by atoms with Crippen molar-refractivity contribution in [3.8, 4) is 0 Å². The molecule has 3 rings (SSSR count). The fraction of sp³-hybridized carbons (Fsp3) is 0.321. The summed E-state index contributed by atoms with van der Waals surface area (Å²) in [6.45, 7) is 9.74. The SMILES string of the molecule is CSC(=NCC(Nc1c(C(C)C)cccc1C(C)C)c1ccccc1)c1ccccc1. The van der Waals surface area contributed by atoms with E-state index in [2.05, 4.69) is 112 Å². The minimum atomic E-state index is 0.101. The van der Waals surface area contributed by atoms with Crippen molar-refractivity contribution < 1.29 is 0 Å². The molecular weight excluding hydrogens is 396 g/mol. The Morgan fingerprint density at radius 1 is 0.774 bits per heavy atom. The van der Waals surface area contributed by atoms with Gasteiger partial charge in [0.25, 0.3) is 0 Å². The second kappa shape index (κ2) is 11.2. The first-order valence-corrected chi connectivity index (χ1v) is 12.3. The molecule has 3 heteroatoms. The van der Waals surface area contributed by atoms with Crippen LogP contribution in [0.1, 0.15) is 67.8 Å². The molecule has 2 nitrogen and oxygen atoms in total. The van der Waals surface area contributed by atoms with Gasteiger partial charge in [-0.2, -0.15) is 0 Å². The number of anilines is 1. The molecule has 0 amide bonds. The number of aliphatic imine (C=N–C) groups is 1. The monoisotopic (exact) mass is 430 g/mol. The van der Waals surface area contributed by atoms with Crippen LogP contribution in [-0.4, -0.2) is 17.8 Å². The van der Waals surface area contributed by atoms with Crippen molar-refractivity contribution in [3.05, 3.63) is 101 Å². The third-order valence-electron chi connectivity index (χ3n) is 5.53. The molecule has 31 heavy (non-hydrogen) atoms. The van der Waals surface area contributed by atoms with Gasteiger partial charge in [-0.25, -0.2) is 0 Å². The summed E-state index contributed by atoms with van der Waals surface area (Å²) in [5, 5.41) is 4.98. The Kier molecular flexibility index (Phi) is 8.36.